The third-order valence-corrected chi connectivity index (χ3v) is 1.89. The Morgan fingerprint density at radius 3 is 2.33 bits per heavy atom. The molecule has 0 amide bonds. The number of rotatable bonds is 3. The number of nitrogens with zero attached hydrogens (tertiary/aromatic N) is 2. The number of hydrogen-bond donors (Lipinski definition) is 0. The molecule has 0 fully saturated rings. The Morgan fingerprint density at radius 2 is 2.00 bits per heavy atom. The van der Waals surface area contributed by atoms with E-state index in [9.17, 15) is 32.1 Å². The first-order chi connectivity index (χ1) is 8.18. The molecule has 0 N–H and O–H groups in total. The van der Waals surface area contributed by atoms with Crippen molar-refractivity contribution in [2.75, 3.05) is 7.11 Å². The third kappa shape index (κ3) is 2.63. The Balaban J connectivity index is 3.62. The van der Waals surface area contributed by atoms with E-state index in [1.165, 1.54) is 0 Å². The molecule has 0 saturated carbocycles. The molecule has 0 aromatic carbocycles. The zero-order chi connectivity index (χ0) is 14.1. The highest BCUT2D eigenvalue weighted by molar-refractivity contribution is 5.45. The van der Waals surface area contributed by atoms with Crippen LogP contribution in [-0.4, -0.2) is 17.0 Å². The molecule has 0 radical (unpaired) electrons. The Labute approximate surface area is 96.3 Å². The van der Waals surface area contributed by atoms with Gasteiger partial charge >= 0.3 is 18.4 Å². The van der Waals surface area contributed by atoms with Gasteiger partial charge in [-0.3, -0.25) is 0 Å². The smallest absolute Gasteiger partial charge is 0.424 e. The number of methoxy groups -OCH3 is 1. The molecule has 1 aromatic rings. The lowest BCUT2D eigenvalue weighted by atomic mass is 10.1. The fraction of sp³-hybridized carbons (Fsp3) is 0.375. The van der Waals surface area contributed by atoms with Gasteiger partial charge in [-0.15, -0.1) is 0 Å². The zero-order valence-corrected chi connectivity index (χ0v) is 8.66. The third-order valence-electron chi connectivity index (χ3n) is 1.89. The first-order valence-electron chi connectivity index (χ1n) is 4.27. The number of nitro groups is 1. The van der Waals surface area contributed by atoms with E-state index in [4.69, 9.17) is 0 Å². The van der Waals surface area contributed by atoms with Crippen molar-refractivity contribution in [3.8, 4) is 5.75 Å². The van der Waals surface area contributed by atoms with Gasteiger partial charge in [0.15, 0.2) is 5.56 Å². The summed E-state index contributed by atoms with van der Waals surface area (Å²) in [5.74, 6) is -2.21. The minimum atomic E-state index is -5.15. The van der Waals surface area contributed by atoms with Crippen molar-refractivity contribution in [2.24, 2.45) is 0 Å². The molecule has 0 bridgehead atoms. The molecule has 0 aliphatic heterocycles. The van der Waals surface area contributed by atoms with Crippen molar-refractivity contribution in [3.63, 3.8) is 0 Å². The van der Waals surface area contributed by atoms with Gasteiger partial charge in [0.1, 0.15) is 5.75 Å². The molecular formula is C8H5F5N2O3. The number of pyridine rings is 1. The van der Waals surface area contributed by atoms with E-state index in [1.807, 2.05) is 0 Å². The molecule has 0 aliphatic carbocycles. The van der Waals surface area contributed by atoms with E-state index < -0.39 is 40.3 Å². The SMILES string of the molecule is COc1cc([N+](=O)[O-])nc(C(F)F)c1C(F)(F)F. The second-order valence-corrected chi connectivity index (χ2v) is 3.00. The van der Waals surface area contributed by atoms with Gasteiger partial charge < -0.3 is 14.9 Å². The maximum atomic E-state index is 12.6. The average Bonchev–Trinajstić information content (AvgIpc) is 2.25. The van der Waals surface area contributed by atoms with Gasteiger partial charge in [0.05, 0.1) is 13.2 Å². The Morgan fingerprint density at radius 1 is 1.44 bits per heavy atom. The van der Waals surface area contributed by atoms with Gasteiger partial charge in [0.2, 0.25) is 5.69 Å². The highest BCUT2D eigenvalue weighted by Gasteiger charge is 2.44. The molecule has 18 heavy (non-hydrogen) atoms. The minimum absolute atomic E-state index is 0.342. The Bertz CT molecular complexity index is 475. The second-order valence-electron chi connectivity index (χ2n) is 3.00. The summed E-state index contributed by atoms with van der Waals surface area (Å²) in [5.41, 5.74) is -3.54. The molecule has 1 heterocycles. The van der Waals surface area contributed by atoms with Crippen LogP contribution in [0.15, 0.2) is 6.07 Å². The van der Waals surface area contributed by atoms with Gasteiger partial charge in [-0.05, 0) is 9.91 Å². The van der Waals surface area contributed by atoms with Crippen LogP contribution in [0.5, 0.6) is 5.75 Å². The summed E-state index contributed by atoms with van der Waals surface area (Å²) >= 11 is 0. The van der Waals surface area contributed by atoms with Crippen LogP contribution in [0.3, 0.4) is 0 Å². The highest BCUT2D eigenvalue weighted by Crippen LogP contribution is 2.42. The van der Waals surface area contributed by atoms with Crippen LogP contribution in [0, 0.1) is 10.1 Å². The highest BCUT2D eigenvalue weighted by atomic mass is 19.4. The lowest BCUT2D eigenvalue weighted by Crippen LogP contribution is -2.14. The molecule has 0 aliphatic rings. The van der Waals surface area contributed by atoms with Gasteiger partial charge in [-0.1, -0.05) is 0 Å². The normalized spacial score (nSPS) is 11.7. The average molecular weight is 272 g/mol. The van der Waals surface area contributed by atoms with Crippen molar-refractivity contribution in [1.82, 2.24) is 4.98 Å². The van der Waals surface area contributed by atoms with Crippen molar-refractivity contribution in [1.29, 1.82) is 0 Å². The lowest BCUT2D eigenvalue weighted by molar-refractivity contribution is -0.389. The summed E-state index contributed by atoms with van der Waals surface area (Å²) in [6.07, 6.45) is -8.77. The number of aromatic nitrogens is 1. The molecule has 0 spiro atoms. The van der Waals surface area contributed by atoms with E-state index in [1.54, 1.807) is 0 Å². The molecular weight excluding hydrogens is 267 g/mol. The standard InChI is InChI=1S/C8H5F5N2O3/c1-18-3-2-4(15(16)17)14-6(7(9)10)5(3)8(11,12)13/h2,7H,1H3. The number of ether oxygens (including phenoxy) is 1. The first-order valence-corrected chi connectivity index (χ1v) is 4.27. The van der Waals surface area contributed by atoms with E-state index >= 15 is 0 Å². The maximum Gasteiger partial charge on any atom is 0.424 e. The summed E-state index contributed by atoms with van der Waals surface area (Å²) in [6, 6.07) is 0.342. The predicted molar refractivity (Wildman–Crippen MR) is 47.4 cm³/mol. The van der Waals surface area contributed by atoms with Crippen molar-refractivity contribution >= 4 is 5.82 Å². The van der Waals surface area contributed by atoms with Gasteiger partial charge in [-0.25, -0.2) is 8.78 Å². The van der Waals surface area contributed by atoms with E-state index in [0.717, 1.165) is 7.11 Å². The Hall–Kier alpha value is -2.00. The van der Waals surface area contributed by atoms with Crippen molar-refractivity contribution in [2.45, 2.75) is 12.6 Å². The monoisotopic (exact) mass is 272 g/mol. The van der Waals surface area contributed by atoms with Gasteiger partial charge in [0, 0.05) is 0 Å². The number of alkyl halides is 5. The van der Waals surface area contributed by atoms with Gasteiger partial charge in [0.25, 0.3) is 0 Å². The summed E-state index contributed by atoms with van der Waals surface area (Å²) in [4.78, 5) is 11.9. The fourth-order valence-corrected chi connectivity index (χ4v) is 1.22. The first kappa shape index (κ1) is 14.1. The van der Waals surface area contributed by atoms with Crippen LogP contribution in [0.2, 0.25) is 0 Å². The van der Waals surface area contributed by atoms with Crippen LogP contribution in [0.4, 0.5) is 27.8 Å². The summed E-state index contributed by atoms with van der Waals surface area (Å²) in [5, 5.41) is 10.4. The van der Waals surface area contributed by atoms with E-state index in [0.29, 0.717) is 6.07 Å². The summed E-state index contributed by atoms with van der Waals surface area (Å²) < 4.78 is 66.9. The molecule has 1 rings (SSSR count). The lowest BCUT2D eigenvalue weighted by Gasteiger charge is -2.12. The molecule has 0 unspecified atom stereocenters. The fourth-order valence-electron chi connectivity index (χ4n) is 1.22. The molecule has 1 aromatic heterocycles. The second kappa shape index (κ2) is 4.70. The molecule has 0 saturated heterocycles. The quantitative estimate of drug-likeness (QED) is 0.482. The summed E-state index contributed by atoms with van der Waals surface area (Å²) in [7, 11) is 0.781. The zero-order valence-electron chi connectivity index (χ0n) is 8.66. The summed E-state index contributed by atoms with van der Waals surface area (Å²) in [6.45, 7) is 0. The van der Waals surface area contributed by atoms with Crippen LogP contribution in [-0.2, 0) is 6.18 Å². The van der Waals surface area contributed by atoms with E-state index in [2.05, 4.69) is 9.72 Å². The van der Waals surface area contributed by atoms with Crippen LogP contribution >= 0.6 is 0 Å². The van der Waals surface area contributed by atoms with Crippen LogP contribution < -0.4 is 4.74 Å². The molecule has 100 valence electrons. The predicted octanol–water partition coefficient (Wildman–Crippen LogP) is 2.95. The van der Waals surface area contributed by atoms with Gasteiger partial charge in [-0.2, -0.15) is 13.2 Å². The molecule has 10 heteroatoms. The largest absolute Gasteiger partial charge is 0.496 e. The van der Waals surface area contributed by atoms with Crippen LogP contribution in [0.1, 0.15) is 17.7 Å². The molecule has 0 atom stereocenters. The number of hydrogen-bond acceptors (Lipinski definition) is 4. The number of halogens is 5. The topological polar surface area (TPSA) is 65.3 Å². The minimum Gasteiger partial charge on any atom is -0.496 e. The van der Waals surface area contributed by atoms with Crippen molar-refractivity contribution < 1.29 is 31.6 Å². The Kier molecular flexibility index (Phi) is 3.67. The van der Waals surface area contributed by atoms with Crippen LogP contribution in [0.25, 0.3) is 0 Å². The maximum absolute atomic E-state index is 12.6. The molecule has 5 nitrogen and oxygen atoms in total. The van der Waals surface area contributed by atoms with E-state index in [-0.39, 0.29) is 0 Å². The van der Waals surface area contributed by atoms with Crippen molar-refractivity contribution in [3.05, 3.63) is 27.4 Å².